The molecule has 0 spiro atoms. The minimum absolute atomic E-state index is 0.0830. The summed E-state index contributed by atoms with van der Waals surface area (Å²) in [5, 5.41) is 9.34. The lowest BCUT2D eigenvalue weighted by molar-refractivity contribution is -0.144. The van der Waals surface area contributed by atoms with E-state index < -0.39 is 12.0 Å². The molecule has 0 aromatic heterocycles. The molecule has 0 radical (unpaired) electrons. The minimum atomic E-state index is -0.905. The van der Waals surface area contributed by atoms with E-state index in [1.54, 1.807) is 11.9 Å². The predicted molar refractivity (Wildman–Crippen MR) is 78.1 cm³/mol. The number of nitrogens with zero attached hydrogens (tertiary/aromatic N) is 2. The van der Waals surface area contributed by atoms with Crippen LogP contribution in [-0.4, -0.2) is 65.8 Å². The number of rotatable bonds is 3. The number of carboxylic acids is 1. The maximum atomic E-state index is 12.5. The number of carboxylic acid groups (broad SMARTS) is 1. The van der Waals surface area contributed by atoms with Crippen LogP contribution in [0.4, 0.5) is 4.79 Å². The van der Waals surface area contributed by atoms with Gasteiger partial charge in [0.1, 0.15) is 6.04 Å². The van der Waals surface area contributed by atoms with Crippen molar-refractivity contribution in [3.63, 3.8) is 0 Å². The summed E-state index contributed by atoms with van der Waals surface area (Å²) in [4.78, 5) is 27.0. The molecule has 2 amide bonds. The van der Waals surface area contributed by atoms with Gasteiger partial charge in [-0.15, -0.1) is 0 Å². The summed E-state index contributed by atoms with van der Waals surface area (Å²) >= 11 is 0. The van der Waals surface area contributed by atoms with Gasteiger partial charge in [-0.1, -0.05) is 6.92 Å². The SMILES string of the molecule is CC1CCN(C(=O)N(C)CC2CCCCO2)C(C(=O)O)C1. The first-order valence-electron chi connectivity index (χ1n) is 7.85. The summed E-state index contributed by atoms with van der Waals surface area (Å²) in [7, 11) is 1.73. The van der Waals surface area contributed by atoms with E-state index in [2.05, 4.69) is 0 Å². The molecular formula is C15H26N2O4. The highest BCUT2D eigenvalue weighted by atomic mass is 16.5. The van der Waals surface area contributed by atoms with Gasteiger partial charge in [-0.05, 0) is 38.0 Å². The van der Waals surface area contributed by atoms with Crippen LogP contribution in [0.25, 0.3) is 0 Å². The van der Waals surface area contributed by atoms with Crippen molar-refractivity contribution in [2.45, 2.75) is 51.2 Å². The van der Waals surface area contributed by atoms with Gasteiger partial charge in [0.05, 0.1) is 6.10 Å². The highest BCUT2D eigenvalue weighted by Gasteiger charge is 2.36. The van der Waals surface area contributed by atoms with Crippen molar-refractivity contribution in [2.75, 3.05) is 26.7 Å². The molecule has 2 aliphatic heterocycles. The number of carbonyl (C=O) groups is 2. The van der Waals surface area contributed by atoms with Gasteiger partial charge < -0.3 is 19.6 Å². The van der Waals surface area contributed by atoms with Crippen LogP contribution in [0.1, 0.15) is 39.0 Å². The third-order valence-electron chi connectivity index (χ3n) is 4.47. The van der Waals surface area contributed by atoms with Gasteiger partial charge in [0.25, 0.3) is 0 Å². The smallest absolute Gasteiger partial charge is 0.326 e. The zero-order chi connectivity index (χ0) is 15.4. The van der Waals surface area contributed by atoms with Gasteiger partial charge >= 0.3 is 12.0 Å². The first-order valence-corrected chi connectivity index (χ1v) is 7.85. The standard InChI is InChI=1S/C15H26N2O4/c1-11-6-7-17(13(9-11)14(18)19)15(20)16(2)10-12-5-3-4-8-21-12/h11-13H,3-10H2,1-2H3,(H,18,19). The Kier molecular flexibility index (Phi) is 5.45. The van der Waals surface area contributed by atoms with Crippen molar-refractivity contribution >= 4 is 12.0 Å². The fraction of sp³-hybridized carbons (Fsp3) is 0.867. The number of likely N-dealkylation sites (N-methyl/N-ethyl adjacent to an activating group) is 1. The Morgan fingerprint density at radius 1 is 1.33 bits per heavy atom. The van der Waals surface area contributed by atoms with Gasteiger partial charge in [0, 0.05) is 26.7 Å². The number of urea groups is 1. The monoisotopic (exact) mass is 298 g/mol. The van der Waals surface area contributed by atoms with Crippen molar-refractivity contribution in [1.29, 1.82) is 0 Å². The number of carbonyl (C=O) groups excluding carboxylic acids is 1. The van der Waals surface area contributed by atoms with Gasteiger partial charge in [0.2, 0.25) is 0 Å². The highest BCUT2D eigenvalue weighted by molar-refractivity contribution is 5.82. The summed E-state index contributed by atoms with van der Waals surface area (Å²) in [5.41, 5.74) is 0. The second-order valence-corrected chi connectivity index (χ2v) is 6.33. The lowest BCUT2D eigenvalue weighted by atomic mass is 9.92. The molecule has 0 aliphatic carbocycles. The number of hydrogen-bond acceptors (Lipinski definition) is 3. The van der Waals surface area contributed by atoms with Crippen LogP contribution < -0.4 is 0 Å². The van der Waals surface area contributed by atoms with Crippen LogP contribution >= 0.6 is 0 Å². The fourth-order valence-corrected chi connectivity index (χ4v) is 3.16. The summed E-state index contributed by atoms with van der Waals surface area (Å²) in [6.07, 6.45) is 4.67. The molecule has 3 atom stereocenters. The predicted octanol–water partition coefficient (Wildman–Crippen LogP) is 1.79. The first kappa shape index (κ1) is 16.1. The zero-order valence-corrected chi connectivity index (χ0v) is 13.0. The molecule has 0 aromatic rings. The van der Waals surface area contributed by atoms with E-state index in [0.29, 0.717) is 25.4 Å². The normalized spacial score (nSPS) is 30.0. The van der Waals surface area contributed by atoms with Crippen LogP contribution in [0.15, 0.2) is 0 Å². The molecule has 6 heteroatoms. The van der Waals surface area contributed by atoms with Crippen LogP contribution in [0.5, 0.6) is 0 Å². The third-order valence-corrected chi connectivity index (χ3v) is 4.47. The summed E-state index contributed by atoms with van der Waals surface area (Å²) in [6.45, 7) is 3.85. The Hall–Kier alpha value is -1.30. The molecule has 1 N–H and O–H groups in total. The van der Waals surface area contributed by atoms with Gasteiger partial charge in [-0.3, -0.25) is 0 Å². The lowest BCUT2D eigenvalue weighted by Crippen LogP contribution is -2.54. The second kappa shape index (κ2) is 7.11. The molecule has 6 nitrogen and oxygen atoms in total. The van der Waals surface area contributed by atoms with Crippen LogP contribution in [0.2, 0.25) is 0 Å². The van der Waals surface area contributed by atoms with Crippen LogP contribution in [0.3, 0.4) is 0 Å². The minimum Gasteiger partial charge on any atom is -0.480 e. The molecule has 2 rings (SSSR count). The quantitative estimate of drug-likeness (QED) is 0.862. The lowest BCUT2D eigenvalue weighted by Gasteiger charge is -2.39. The third kappa shape index (κ3) is 4.09. The Morgan fingerprint density at radius 3 is 2.71 bits per heavy atom. The number of likely N-dealkylation sites (tertiary alicyclic amines) is 1. The van der Waals surface area contributed by atoms with Gasteiger partial charge in [0.15, 0.2) is 0 Å². The summed E-state index contributed by atoms with van der Waals surface area (Å²) < 4.78 is 5.65. The maximum absolute atomic E-state index is 12.5. The van der Waals surface area contributed by atoms with E-state index in [1.807, 2.05) is 6.92 Å². The van der Waals surface area contributed by atoms with E-state index in [0.717, 1.165) is 32.3 Å². The molecule has 21 heavy (non-hydrogen) atoms. The average molecular weight is 298 g/mol. The van der Waals surface area contributed by atoms with E-state index >= 15 is 0 Å². The Bertz CT molecular complexity index is 382. The number of ether oxygens (including phenoxy) is 1. The number of hydrogen-bond donors (Lipinski definition) is 1. The fourth-order valence-electron chi connectivity index (χ4n) is 3.16. The average Bonchev–Trinajstić information content (AvgIpc) is 2.47. The van der Waals surface area contributed by atoms with Gasteiger partial charge in [-0.2, -0.15) is 0 Å². The van der Waals surface area contributed by atoms with E-state index in [-0.39, 0.29) is 12.1 Å². The number of amides is 2. The maximum Gasteiger partial charge on any atom is 0.326 e. The molecular weight excluding hydrogens is 272 g/mol. The number of aliphatic carboxylic acids is 1. The molecule has 120 valence electrons. The second-order valence-electron chi connectivity index (χ2n) is 6.33. The summed E-state index contributed by atoms with van der Waals surface area (Å²) in [6, 6.07) is -0.889. The van der Waals surface area contributed by atoms with E-state index in [1.165, 1.54) is 4.90 Å². The summed E-state index contributed by atoms with van der Waals surface area (Å²) in [5.74, 6) is -0.556. The Labute approximate surface area is 126 Å². The highest BCUT2D eigenvalue weighted by Crippen LogP contribution is 2.24. The van der Waals surface area contributed by atoms with E-state index in [4.69, 9.17) is 4.74 Å². The number of piperidine rings is 1. The molecule has 0 bridgehead atoms. The van der Waals surface area contributed by atoms with E-state index in [9.17, 15) is 14.7 Å². The molecule has 0 aromatic carbocycles. The van der Waals surface area contributed by atoms with Crippen molar-refractivity contribution in [2.24, 2.45) is 5.92 Å². The van der Waals surface area contributed by atoms with Gasteiger partial charge in [-0.25, -0.2) is 9.59 Å². The van der Waals surface area contributed by atoms with Crippen molar-refractivity contribution in [3.8, 4) is 0 Å². The molecule has 2 saturated heterocycles. The van der Waals surface area contributed by atoms with Crippen molar-refractivity contribution < 1.29 is 19.4 Å². The van der Waals surface area contributed by atoms with Crippen LogP contribution in [-0.2, 0) is 9.53 Å². The van der Waals surface area contributed by atoms with Crippen LogP contribution in [0, 0.1) is 5.92 Å². The molecule has 0 saturated carbocycles. The topological polar surface area (TPSA) is 70.1 Å². The first-order chi connectivity index (χ1) is 9.99. The molecule has 2 fully saturated rings. The molecule has 3 unspecified atom stereocenters. The largest absolute Gasteiger partial charge is 0.480 e. The molecule has 2 heterocycles. The zero-order valence-electron chi connectivity index (χ0n) is 13.0. The molecule has 2 aliphatic rings. The van der Waals surface area contributed by atoms with Crippen molar-refractivity contribution in [3.05, 3.63) is 0 Å². The Morgan fingerprint density at radius 2 is 2.10 bits per heavy atom. The Balaban J connectivity index is 1.94. The van der Waals surface area contributed by atoms with Crippen molar-refractivity contribution in [1.82, 2.24) is 9.80 Å².